The summed E-state index contributed by atoms with van der Waals surface area (Å²) in [4.78, 5) is 0.634. The molecule has 0 N–H and O–H groups in total. The average Bonchev–Trinajstić information content (AvgIpc) is 2.65. The summed E-state index contributed by atoms with van der Waals surface area (Å²) in [6.45, 7) is 8.06. The standard InChI is InChI=1S/C22H31BrO2/c1-4-14-25-22-17(5-2)16-21(19-12-7-8-13-20(19)22)24-15-10-9-11-18(23)6-3/h7-8,12-13,16,18H,4-6,9-11,14-15H2,1-3H3. The van der Waals surface area contributed by atoms with Crippen molar-refractivity contribution in [3.05, 3.63) is 35.9 Å². The summed E-state index contributed by atoms with van der Waals surface area (Å²) in [6, 6.07) is 10.6. The largest absolute Gasteiger partial charge is 0.493 e. The first kappa shape index (κ1) is 20.1. The number of halogens is 1. The summed E-state index contributed by atoms with van der Waals surface area (Å²) in [5, 5.41) is 2.31. The third kappa shape index (κ3) is 5.64. The highest BCUT2D eigenvalue weighted by molar-refractivity contribution is 9.09. The highest BCUT2D eigenvalue weighted by atomic mass is 79.9. The monoisotopic (exact) mass is 406 g/mol. The summed E-state index contributed by atoms with van der Waals surface area (Å²) < 4.78 is 12.2. The maximum atomic E-state index is 6.17. The number of benzene rings is 2. The molecule has 25 heavy (non-hydrogen) atoms. The number of hydrogen-bond acceptors (Lipinski definition) is 2. The van der Waals surface area contributed by atoms with Crippen LogP contribution in [-0.2, 0) is 6.42 Å². The molecule has 2 aromatic rings. The number of ether oxygens (including phenoxy) is 2. The van der Waals surface area contributed by atoms with Gasteiger partial charge in [0.2, 0.25) is 0 Å². The van der Waals surface area contributed by atoms with Crippen LogP contribution in [0.3, 0.4) is 0 Å². The lowest BCUT2D eigenvalue weighted by Gasteiger charge is -2.17. The van der Waals surface area contributed by atoms with Crippen LogP contribution in [-0.4, -0.2) is 18.0 Å². The van der Waals surface area contributed by atoms with Crippen LogP contribution in [0, 0.1) is 0 Å². The van der Waals surface area contributed by atoms with E-state index in [1.807, 2.05) is 0 Å². The highest BCUT2D eigenvalue weighted by Gasteiger charge is 2.13. The molecular formula is C22H31BrO2. The normalized spacial score (nSPS) is 12.3. The van der Waals surface area contributed by atoms with E-state index in [4.69, 9.17) is 9.47 Å². The Morgan fingerprint density at radius 1 is 0.960 bits per heavy atom. The van der Waals surface area contributed by atoms with Gasteiger partial charge in [-0.25, -0.2) is 0 Å². The Bertz CT molecular complexity index is 654. The smallest absolute Gasteiger partial charge is 0.130 e. The van der Waals surface area contributed by atoms with E-state index >= 15 is 0 Å². The Balaban J connectivity index is 2.14. The minimum Gasteiger partial charge on any atom is -0.493 e. The number of rotatable bonds is 11. The lowest BCUT2D eigenvalue weighted by atomic mass is 10.0. The van der Waals surface area contributed by atoms with Gasteiger partial charge in [-0.3, -0.25) is 0 Å². The zero-order valence-corrected chi connectivity index (χ0v) is 17.4. The fraction of sp³-hybridized carbons (Fsp3) is 0.545. The lowest BCUT2D eigenvalue weighted by Crippen LogP contribution is -2.03. The molecule has 2 nitrogen and oxygen atoms in total. The predicted octanol–water partition coefficient (Wildman–Crippen LogP) is 6.91. The van der Waals surface area contributed by atoms with E-state index in [0.717, 1.165) is 54.7 Å². The van der Waals surface area contributed by atoms with Crippen molar-refractivity contribution in [3.8, 4) is 11.5 Å². The zero-order chi connectivity index (χ0) is 18.1. The SMILES string of the molecule is CCCOc1c(CC)cc(OCCCCC(Br)CC)c2ccccc12. The summed E-state index contributed by atoms with van der Waals surface area (Å²) in [7, 11) is 0. The third-order valence-electron chi connectivity index (χ3n) is 4.48. The van der Waals surface area contributed by atoms with Crippen molar-refractivity contribution < 1.29 is 9.47 Å². The van der Waals surface area contributed by atoms with Crippen LogP contribution in [0.25, 0.3) is 10.8 Å². The van der Waals surface area contributed by atoms with Crippen LogP contribution in [0.4, 0.5) is 0 Å². The maximum absolute atomic E-state index is 6.17. The average molecular weight is 407 g/mol. The Kier molecular flexibility index (Phi) is 8.60. The van der Waals surface area contributed by atoms with E-state index in [-0.39, 0.29) is 0 Å². The summed E-state index contributed by atoms with van der Waals surface area (Å²) in [5.41, 5.74) is 1.23. The fourth-order valence-corrected chi connectivity index (χ4v) is 3.30. The van der Waals surface area contributed by atoms with Crippen molar-refractivity contribution in [1.29, 1.82) is 0 Å². The van der Waals surface area contributed by atoms with Gasteiger partial charge in [0, 0.05) is 15.6 Å². The second-order valence-electron chi connectivity index (χ2n) is 6.46. The van der Waals surface area contributed by atoms with Crippen LogP contribution in [0.2, 0.25) is 0 Å². The van der Waals surface area contributed by atoms with E-state index in [2.05, 4.69) is 67.0 Å². The Morgan fingerprint density at radius 3 is 2.40 bits per heavy atom. The summed E-state index contributed by atoms with van der Waals surface area (Å²) in [5.74, 6) is 2.01. The van der Waals surface area contributed by atoms with E-state index in [0.29, 0.717) is 4.83 Å². The van der Waals surface area contributed by atoms with Gasteiger partial charge < -0.3 is 9.47 Å². The molecule has 0 heterocycles. The third-order valence-corrected chi connectivity index (χ3v) is 5.58. The van der Waals surface area contributed by atoms with Crippen molar-refractivity contribution >= 4 is 26.7 Å². The molecule has 1 unspecified atom stereocenters. The predicted molar refractivity (Wildman–Crippen MR) is 111 cm³/mol. The molecule has 2 rings (SSSR count). The van der Waals surface area contributed by atoms with E-state index in [9.17, 15) is 0 Å². The van der Waals surface area contributed by atoms with Crippen molar-refractivity contribution in [2.45, 2.75) is 64.1 Å². The van der Waals surface area contributed by atoms with Gasteiger partial charge in [-0.05, 0) is 50.2 Å². The topological polar surface area (TPSA) is 18.5 Å². The Morgan fingerprint density at radius 2 is 1.72 bits per heavy atom. The first-order valence-corrected chi connectivity index (χ1v) is 10.6. The molecule has 0 aliphatic rings. The molecule has 0 radical (unpaired) electrons. The quantitative estimate of drug-likeness (QED) is 0.298. The number of unbranched alkanes of at least 4 members (excludes halogenated alkanes) is 1. The van der Waals surface area contributed by atoms with Crippen molar-refractivity contribution in [1.82, 2.24) is 0 Å². The molecule has 0 saturated heterocycles. The number of hydrogen-bond donors (Lipinski definition) is 0. The molecule has 0 amide bonds. The molecule has 0 bridgehead atoms. The van der Waals surface area contributed by atoms with Crippen molar-refractivity contribution in [3.63, 3.8) is 0 Å². The minimum atomic E-state index is 0.634. The lowest BCUT2D eigenvalue weighted by molar-refractivity contribution is 0.304. The van der Waals surface area contributed by atoms with Crippen molar-refractivity contribution in [2.75, 3.05) is 13.2 Å². The molecule has 2 aromatic carbocycles. The minimum absolute atomic E-state index is 0.634. The summed E-state index contributed by atoms with van der Waals surface area (Å²) >= 11 is 3.70. The van der Waals surface area contributed by atoms with Gasteiger partial charge in [-0.2, -0.15) is 0 Å². The van der Waals surface area contributed by atoms with Crippen LogP contribution in [0.5, 0.6) is 11.5 Å². The van der Waals surface area contributed by atoms with E-state index < -0.39 is 0 Å². The van der Waals surface area contributed by atoms with Gasteiger partial charge >= 0.3 is 0 Å². The van der Waals surface area contributed by atoms with Crippen molar-refractivity contribution in [2.24, 2.45) is 0 Å². The molecule has 3 heteroatoms. The molecular weight excluding hydrogens is 376 g/mol. The highest BCUT2D eigenvalue weighted by Crippen LogP contribution is 2.37. The van der Waals surface area contributed by atoms with Crippen LogP contribution >= 0.6 is 15.9 Å². The van der Waals surface area contributed by atoms with Gasteiger partial charge in [0.15, 0.2) is 0 Å². The molecule has 0 fully saturated rings. The van der Waals surface area contributed by atoms with E-state index in [1.165, 1.54) is 24.8 Å². The van der Waals surface area contributed by atoms with Gasteiger partial charge in [-0.1, -0.05) is 61.0 Å². The van der Waals surface area contributed by atoms with Gasteiger partial charge in [0.25, 0.3) is 0 Å². The molecule has 0 aliphatic carbocycles. The van der Waals surface area contributed by atoms with Crippen LogP contribution < -0.4 is 9.47 Å². The Hall–Kier alpha value is -1.22. The molecule has 0 saturated carbocycles. The number of aryl methyl sites for hydroxylation is 1. The molecule has 0 aromatic heterocycles. The fourth-order valence-electron chi connectivity index (χ4n) is 2.98. The zero-order valence-electron chi connectivity index (χ0n) is 15.8. The van der Waals surface area contributed by atoms with Gasteiger partial charge in [0.1, 0.15) is 11.5 Å². The number of alkyl halides is 1. The Labute approximate surface area is 161 Å². The molecule has 138 valence electrons. The summed E-state index contributed by atoms with van der Waals surface area (Å²) in [6.07, 6.45) is 6.64. The first-order valence-electron chi connectivity index (χ1n) is 9.65. The molecule has 0 spiro atoms. The van der Waals surface area contributed by atoms with E-state index in [1.54, 1.807) is 0 Å². The van der Waals surface area contributed by atoms with Crippen LogP contribution in [0.1, 0.15) is 58.4 Å². The number of fused-ring (bicyclic) bond motifs is 1. The van der Waals surface area contributed by atoms with Crippen LogP contribution in [0.15, 0.2) is 30.3 Å². The van der Waals surface area contributed by atoms with Gasteiger partial charge in [0.05, 0.1) is 13.2 Å². The second kappa shape index (κ2) is 10.7. The molecule has 1 atom stereocenters. The maximum Gasteiger partial charge on any atom is 0.130 e. The first-order chi connectivity index (χ1) is 12.2. The molecule has 0 aliphatic heterocycles. The van der Waals surface area contributed by atoms with Gasteiger partial charge in [-0.15, -0.1) is 0 Å². The second-order valence-corrected chi connectivity index (χ2v) is 7.76.